The molecule has 0 aliphatic rings. The molecule has 0 fully saturated rings. The highest BCUT2D eigenvalue weighted by Crippen LogP contribution is 2.16. The third-order valence-electron chi connectivity index (χ3n) is 7.97. The van der Waals surface area contributed by atoms with Crippen LogP contribution in [0.3, 0.4) is 0 Å². The molecule has 0 spiro atoms. The van der Waals surface area contributed by atoms with Crippen molar-refractivity contribution >= 4 is 11.9 Å². The zero-order chi connectivity index (χ0) is 27.8. The summed E-state index contributed by atoms with van der Waals surface area (Å²) < 4.78 is 9.35. The number of carbonyl (C=O) groups excluding carboxylic acids is 2. The summed E-state index contributed by atoms with van der Waals surface area (Å²) in [4.78, 5) is 22.1. The SMILES string of the molecule is COC(=O)CCCCCCCCCCCCCCCCCCCCCCCCCCCCCCC(=O)OC. The molecule has 0 saturated heterocycles. The van der Waals surface area contributed by atoms with Crippen molar-refractivity contribution in [3.8, 4) is 0 Å². The molecule has 38 heavy (non-hydrogen) atoms. The number of esters is 2. The summed E-state index contributed by atoms with van der Waals surface area (Å²) in [7, 11) is 2.94. The second kappa shape index (κ2) is 32.2. The maximum absolute atomic E-state index is 11.0. The van der Waals surface area contributed by atoms with Gasteiger partial charge >= 0.3 is 11.9 Å². The van der Waals surface area contributed by atoms with Gasteiger partial charge < -0.3 is 9.47 Å². The van der Waals surface area contributed by atoms with Gasteiger partial charge in [-0.25, -0.2) is 0 Å². The van der Waals surface area contributed by atoms with E-state index in [-0.39, 0.29) is 11.9 Å². The zero-order valence-electron chi connectivity index (χ0n) is 25.8. The molecule has 0 rings (SSSR count). The first-order valence-electron chi connectivity index (χ1n) is 16.8. The summed E-state index contributed by atoms with van der Waals surface area (Å²) in [5.41, 5.74) is 0. The molecule has 4 nitrogen and oxygen atoms in total. The first kappa shape index (κ1) is 36.9. The average molecular weight is 539 g/mol. The normalized spacial score (nSPS) is 11.1. The van der Waals surface area contributed by atoms with Crippen LogP contribution >= 0.6 is 0 Å². The molecule has 0 saturated carbocycles. The number of carbonyl (C=O) groups is 2. The van der Waals surface area contributed by atoms with E-state index in [0.717, 1.165) is 12.8 Å². The van der Waals surface area contributed by atoms with Gasteiger partial charge in [-0.3, -0.25) is 9.59 Å². The molecule has 0 N–H and O–H groups in total. The highest BCUT2D eigenvalue weighted by atomic mass is 16.5. The Morgan fingerprint density at radius 1 is 0.289 bits per heavy atom. The van der Waals surface area contributed by atoms with Crippen LogP contribution in [0.5, 0.6) is 0 Å². The number of rotatable bonds is 31. The fraction of sp³-hybridized carbons (Fsp3) is 0.941. The molecule has 226 valence electrons. The summed E-state index contributed by atoms with van der Waals surface area (Å²) in [6, 6.07) is 0. The molecule has 0 aliphatic carbocycles. The van der Waals surface area contributed by atoms with Gasteiger partial charge in [0.15, 0.2) is 0 Å². The lowest BCUT2D eigenvalue weighted by Gasteiger charge is -2.04. The van der Waals surface area contributed by atoms with Gasteiger partial charge in [0.25, 0.3) is 0 Å². The molecule has 0 aliphatic heterocycles. The fourth-order valence-corrected chi connectivity index (χ4v) is 5.34. The summed E-state index contributed by atoms with van der Waals surface area (Å²) in [6.45, 7) is 0. The maximum Gasteiger partial charge on any atom is 0.305 e. The van der Waals surface area contributed by atoms with Crippen molar-refractivity contribution in [1.29, 1.82) is 0 Å². The Hall–Kier alpha value is -1.06. The first-order chi connectivity index (χ1) is 18.7. The first-order valence-corrected chi connectivity index (χ1v) is 16.8. The Labute approximate surface area is 237 Å². The topological polar surface area (TPSA) is 52.6 Å². The van der Waals surface area contributed by atoms with E-state index in [1.54, 1.807) is 0 Å². The summed E-state index contributed by atoms with van der Waals surface area (Å²) in [5, 5.41) is 0. The van der Waals surface area contributed by atoms with E-state index in [1.165, 1.54) is 181 Å². The van der Waals surface area contributed by atoms with Crippen LogP contribution in [0.4, 0.5) is 0 Å². The van der Waals surface area contributed by atoms with Crippen LogP contribution in [0.2, 0.25) is 0 Å². The largest absolute Gasteiger partial charge is 0.469 e. The monoisotopic (exact) mass is 538 g/mol. The van der Waals surface area contributed by atoms with Crippen molar-refractivity contribution < 1.29 is 19.1 Å². The van der Waals surface area contributed by atoms with Gasteiger partial charge in [0.05, 0.1) is 14.2 Å². The lowest BCUT2D eigenvalue weighted by molar-refractivity contribution is -0.141. The lowest BCUT2D eigenvalue weighted by atomic mass is 10.0. The second-order valence-electron chi connectivity index (χ2n) is 11.6. The van der Waals surface area contributed by atoms with Gasteiger partial charge in [-0.2, -0.15) is 0 Å². The molecular formula is C34H66O4. The quantitative estimate of drug-likeness (QED) is 0.0650. The number of unbranched alkanes of at least 4 members (excludes halogenated alkanes) is 27. The van der Waals surface area contributed by atoms with Crippen LogP contribution in [-0.2, 0) is 19.1 Å². The molecule has 0 aromatic carbocycles. The van der Waals surface area contributed by atoms with E-state index in [2.05, 4.69) is 9.47 Å². The number of ether oxygens (including phenoxy) is 2. The van der Waals surface area contributed by atoms with Gasteiger partial charge in [-0.15, -0.1) is 0 Å². The predicted octanol–water partition coefficient (Wildman–Crippen LogP) is 11.0. The standard InChI is InChI=1S/C34H66O4/c1-37-33(35)31-29-27-25-23-21-19-17-15-13-11-9-7-5-3-4-6-8-10-12-14-16-18-20-22-24-26-28-30-32-34(36)38-2/h3-32H2,1-2H3. The van der Waals surface area contributed by atoms with Crippen LogP contribution in [0.25, 0.3) is 0 Å². The van der Waals surface area contributed by atoms with Crippen molar-refractivity contribution in [1.82, 2.24) is 0 Å². The van der Waals surface area contributed by atoms with Crippen molar-refractivity contribution in [3.05, 3.63) is 0 Å². The molecule has 0 heterocycles. The van der Waals surface area contributed by atoms with E-state index < -0.39 is 0 Å². The minimum Gasteiger partial charge on any atom is -0.469 e. The maximum atomic E-state index is 11.0. The third kappa shape index (κ3) is 31.2. The summed E-state index contributed by atoms with van der Waals surface area (Å²) >= 11 is 0. The molecule has 0 unspecified atom stereocenters. The predicted molar refractivity (Wildman–Crippen MR) is 163 cm³/mol. The van der Waals surface area contributed by atoms with Gasteiger partial charge in [-0.05, 0) is 12.8 Å². The van der Waals surface area contributed by atoms with Crippen molar-refractivity contribution in [2.45, 2.75) is 193 Å². The smallest absolute Gasteiger partial charge is 0.305 e. The second-order valence-corrected chi connectivity index (χ2v) is 11.6. The molecule has 0 aromatic heterocycles. The number of hydrogen-bond donors (Lipinski definition) is 0. The van der Waals surface area contributed by atoms with Crippen LogP contribution < -0.4 is 0 Å². The van der Waals surface area contributed by atoms with E-state index in [9.17, 15) is 9.59 Å². The Balaban J connectivity index is 3.06. The average Bonchev–Trinajstić information content (AvgIpc) is 2.93. The van der Waals surface area contributed by atoms with Gasteiger partial charge in [0, 0.05) is 12.8 Å². The minimum absolute atomic E-state index is 0.0667. The molecule has 4 heteroatoms. The fourth-order valence-electron chi connectivity index (χ4n) is 5.34. The van der Waals surface area contributed by atoms with Crippen LogP contribution in [0.15, 0.2) is 0 Å². The molecule has 0 amide bonds. The van der Waals surface area contributed by atoms with Gasteiger partial charge in [0.2, 0.25) is 0 Å². The van der Waals surface area contributed by atoms with E-state index in [1.807, 2.05) is 0 Å². The van der Waals surface area contributed by atoms with Crippen molar-refractivity contribution in [2.24, 2.45) is 0 Å². The van der Waals surface area contributed by atoms with E-state index in [0.29, 0.717) is 12.8 Å². The minimum atomic E-state index is -0.0667. The number of methoxy groups -OCH3 is 2. The summed E-state index contributed by atoms with van der Waals surface area (Å²) in [5.74, 6) is -0.133. The number of hydrogen-bond acceptors (Lipinski definition) is 4. The zero-order valence-corrected chi connectivity index (χ0v) is 25.8. The Morgan fingerprint density at radius 2 is 0.421 bits per heavy atom. The van der Waals surface area contributed by atoms with E-state index >= 15 is 0 Å². The van der Waals surface area contributed by atoms with Crippen molar-refractivity contribution in [3.63, 3.8) is 0 Å². The Kier molecular flexibility index (Phi) is 31.3. The van der Waals surface area contributed by atoms with E-state index in [4.69, 9.17) is 0 Å². The molecular weight excluding hydrogens is 472 g/mol. The van der Waals surface area contributed by atoms with Gasteiger partial charge in [-0.1, -0.05) is 167 Å². The lowest BCUT2D eigenvalue weighted by Crippen LogP contribution is -1.99. The van der Waals surface area contributed by atoms with Crippen LogP contribution in [0, 0.1) is 0 Å². The van der Waals surface area contributed by atoms with Crippen molar-refractivity contribution in [2.75, 3.05) is 14.2 Å². The highest BCUT2D eigenvalue weighted by Gasteiger charge is 2.00. The highest BCUT2D eigenvalue weighted by molar-refractivity contribution is 5.69. The Morgan fingerprint density at radius 3 is 0.553 bits per heavy atom. The molecule has 0 radical (unpaired) electrons. The van der Waals surface area contributed by atoms with Gasteiger partial charge in [0.1, 0.15) is 0 Å². The summed E-state index contributed by atoms with van der Waals surface area (Å²) in [6.07, 6.45) is 39.1. The molecule has 0 bridgehead atoms. The third-order valence-corrected chi connectivity index (χ3v) is 7.97. The van der Waals surface area contributed by atoms with Crippen LogP contribution in [-0.4, -0.2) is 26.2 Å². The molecule has 0 atom stereocenters. The molecule has 0 aromatic rings. The Bertz CT molecular complexity index is 447. The van der Waals surface area contributed by atoms with Crippen LogP contribution in [0.1, 0.15) is 193 Å².